The average Bonchev–Trinajstić information content (AvgIpc) is 2.91. The van der Waals surface area contributed by atoms with E-state index in [9.17, 15) is 13.6 Å². The third kappa shape index (κ3) is 6.29. The predicted molar refractivity (Wildman–Crippen MR) is 151 cm³/mol. The van der Waals surface area contributed by atoms with Gasteiger partial charge in [0.05, 0.1) is 17.6 Å². The van der Waals surface area contributed by atoms with Gasteiger partial charge in [0.1, 0.15) is 17.1 Å². The van der Waals surface area contributed by atoms with Gasteiger partial charge in [-0.1, -0.05) is 6.07 Å². The zero-order valence-corrected chi connectivity index (χ0v) is 23.3. The summed E-state index contributed by atoms with van der Waals surface area (Å²) in [6.45, 7) is 8.94. The van der Waals surface area contributed by atoms with Crippen molar-refractivity contribution in [2.75, 3.05) is 36.8 Å². The number of aromatic nitrogens is 1. The first-order chi connectivity index (χ1) is 19.0. The molecule has 9 heteroatoms. The molecule has 0 saturated carbocycles. The van der Waals surface area contributed by atoms with Gasteiger partial charge in [0.15, 0.2) is 11.6 Å². The quantitative estimate of drug-likeness (QED) is 0.352. The molecule has 1 amide bonds. The van der Waals surface area contributed by atoms with E-state index in [-0.39, 0.29) is 11.5 Å². The van der Waals surface area contributed by atoms with Crippen LogP contribution in [0.5, 0.6) is 11.5 Å². The van der Waals surface area contributed by atoms with Crippen molar-refractivity contribution < 1.29 is 23.0 Å². The third-order valence-electron chi connectivity index (χ3n) is 7.84. The molecule has 3 aromatic rings. The van der Waals surface area contributed by atoms with Crippen LogP contribution in [-0.2, 0) is 4.74 Å². The molecule has 0 aliphatic carbocycles. The van der Waals surface area contributed by atoms with Crippen LogP contribution >= 0.6 is 0 Å². The zero-order chi connectivity index (χ0) is 28.5. The Morgan fingerprint density at radius 3 is 2.23 bits per heavy atom. The monoisotopic (exact) mass is 550 g/mol. The highest BCUT2D eigenvalue weighted by atomic mass is 19.2. The van der Waals surface area contributed by atoms with Crippen LogP contribution in [0.1, 0.15) is 46.5 Å². The van der Waals surface area contributed by atoms with Crippen molar-refractivity contribution in [3.63, 3.8) is 0 Å². The number of likely N-dealkylation sites (tertiary alicyclic amines) is 1. The number of halogens is 2. The Kier molecular flexibility index (Phi) is 7.57. The van der Waals surface area contributed by atoms with Crippen LogP contribution in [-0.4, -0.2) is 47.8 Å². The molecule has 0 atom stereocenters. The van der Waals surface area contributed by atoms with Crippen LogP contribution in [0.3, 0.4) is 0 Å². The van der Waals surface area contributed by atoms with Crippen LogP contribution in [0.4, 0.5) is 25.0 Å². The van der Waals surface area contributed by atoms with E-state index in [1.165, 1.54) is 6.07 Å². The van der Waals surface area contributed by atoms with Crippen LogP contribution in [0.15, 0.2) is 54.9 Å². The highest BCUT2D eigenvalue weighted by molar-refractivity contribution is 5.70. The number of amides is 1. The van der Waals surface area contributed by atoms with E-state index >= 15 is 0 Å². The van der Waals surface area contributed by atoms with E-state index < -0.39 is 17.2 Å². The molecule has 2 aliphatic heterocycles. The molecule has 0 bridgehead atoms. The summed E-state index contributed by atoms with van der Waals surface area (Å²) in [6, 6.07) is 11.1. The minimum absolute atomic E-state index is 0.221. The predicted octanol–water partition coefficient (Wildman–Crippen LogP) is 7.02. The first-order valence-corrected chi connectivity index (χ1v) is 13.7. The highest BCUT2D eigenvalue weighted by Crippen LogP contribution is 2.43. The van der Waals surface area contributed by atoms with Gasteiger partial charge in [-0.05, 0) is 87.8 Å². The molecule has 2 aliphatic rings. The van der Waals surface area contributed by atoms with E-state index in [4.69, 9.17) is 15.2 Å². The molecular weight excluding hydrogens is 514 g/mol. The molecule has 5 rings (SSSR count). The van der Waals surface area contributed by atoms with Gasteiger partial charge in [-0.2, -0.15) is 0 Å². The second kappa shape index (κ2) is 10.9. The van der Waals surface area contributed by atoms with Gasteiger partial charge in [-0.3, -0.25) is 4.98 Å². The Labute approximate surface area is 233 Å². The van der Waals surface area contributed by atoms with Gasteiger partial charge in [-0.25, -0.2) is 13.6 Å². The fraction of sp³-hybridized carbons (Fsp3) is 0.419. The van der Waals surface area contributed by atoms with Crippen LogP contribution in [0, 0.1) is 17.0 Å². The molecule has 40 heavy (non-hydrogen) atoms. The maximum atomic E-state index is 13.7. The second-order valence-corrected chi connectivity index (χ2v) is 11.8. The number of anilines is 2. The average molecular weight is 551 g/mol. The van der Waals surface area contributed by atoms with Crippen molar-refractivity contribution in [1.29, 1.82) is 0 Å². The van der Waals surface area contributed by atoms with Gasteiger partial charge >= 0.3 is 6.09 Å². The lowest BCUT2D eigenvalue weighted by Gasteiger charge is -2.47. The number of carbonyl (C=O) groups is 1. The normalized spacial score (nSPS) is 17.1. The number of piperidine rings is 2. The largest absolute Gasteiger partial charge is 0.456 e. The summed E-state index contributed by atoms with van der Waals surface area (Å²) in [5.41, 5.74) is 8.94. The van der Waals surface area contributed by atoms with E-state index in [2.05, 4.69) is 9.88 Å². The summed E-state index contributed by atoms with van der Waals surface area (Å²) in [7, 11) is 0. The smallest absolute Gasteiger partial charge is 0.410 e. The molecule has 3 heterocycles. The second-order valence-electron chi connectivity index (χ2n) is 11.8. The van der Waals surface area contributed by atoms with Crippen LogP contribution in [0.2, 0.25) is 0 Å². The van der Waals surface area contributed by atoms with Crippen molar-refractivity contribution in [2.45, 2.75) is 52.1 Å². The van der Waals surface area contributed by atoms with Gasteiger partial charge in [-0.15, -0.1) is 0 Å². The summed E-state index contributed by atoms with van der Waals surface area (Å²) in [5, 5.41) is 0. The first kappa shape index (κ1) is 27.7. The van der Waals surface area contributed by atoms with Gasteiger partial charge in [0.25, 0.3) is 0 Å². The fourth-order valence-electron chi connectivity index (χ4n) is 5.54. The standard InChI is InChI=1S/C31H36F2N4O3/c1-30(2,3)40-29(38)37-14-10-31(11-15-37)8-12-36(13-9-31)28-7-5-23(18-27(28)34)39-24-16-22(19-35-20-24)21-4-6-25(32)26(33)17-21/h4-7,16-20H,8-15,34H2,1-3H3. The lowest BCUT2D eigenvalue weighted by atomic mass is 9.71. The minimum Gasteiger partial charge on any atom is -0.456 e. The maximum absolute atomic E-state index is 13.7. The molecule has 0 unspecified atom stereocenters. The lowest BCUT2D eigenvalue weighted by molar-refractivity contribution is 0.00666. The maximum Gasteiger partial charge on any atom is 0.410 e. The van der Waals surface area contributed by atoms with Crippen LogP contribution < -0.4 is 15.4 Å². The number of carbonyl (C=O) groups excluding carboxylic acids is 1. The molecule has 1 aromatic heterocycles. The van der Waals surface area contributed by atoms with Crippen molar-refractivity contribution >= 4 is 17.5 Å². The van der Waals surface area contributed by atoms with E-state index in [1.54, 1.807) is 24.5 Å². The van der Waals surface area contributed by atoms with E-state index in [1.807, 2.05) is 37.8 Å². The number of hydrogen-bond acceptors (Lipinski definition) is 6. The molecule has 2 N–H and O–H groups in total. The van der Waals surface area contributed by atoms with Crippen molar-refractivity contribution in [1.82, 2.24) is 9.88 Å². The molecule has 1 spiro atoms. The Balaban J connectivity index is 1.18. The Bertz CT molecular complexity index is 1370. The SMILES string of the molecule is CC(C)(C)OC(=O)N1CCC2(CC1)CCN(c1ccc(Oc3cncc(-c4ccc(F)c(F)c4)c3)cc1N)CC2. The van der Waals surface area contributed by atoms with Crippen LogP contribution in [0.25, 0.3) is 11.1 Å². The summed E-state index contributed by atoms with van der Waals surface area (Å²) < 4.78 is 38.5. The van der Waals surface area contributed by atoms with Gasteiger partial charge in [0.2, 0.25) is 0 Å². The summed E-state index contributed by atoms with van der Waals surface area (Å²) in [5.74, 6) is -0.783. The number of ether oxygens (including phenoxy) is 2. The fourth-order valence-corrected chi connectivity index (χ4v) is 5.54. The topological polar surface area (TPSA) is 80.9 Å². The molecular formula is C31H36F2N4O3. The Morgan fingerprint density at radius 1 is 0.875 bits per heavy atom. The number of nitrogen functional groups attached to an aromatic ring is 1. The number of nitrogens with zero attached hydrogens (tertiary/aromatic N) is 3. The summed E-state index contributed by atoms with van der Waals surface area (Å²) in [6.07, 6.45) is 6.99. The molecule has 0 radical (unpaired) electrons. The molecule has 2 fully saturated rings. The van der Waals surface area contributed by atoms with Crippen molar-refractivity contribution in [3.8, 4) is 22.6 Å². The molecule has 2 aromatic carbocycles. The van der Waals surface area contributed by atoms with Gasteiger partial charge < -0.3 is 25.0 Å². The highest BCUT2D eigenvalue weighted by Gasteiger charge is 2.39. The molecule has 212 valence electrons. The van der Waals surface area contributed by atoms with Crippen molar-refractivity contribution in [3.05, 3.63) is 66.5 Å². The number of pyridine rings is 1. The van der Waals surface area contributed by atoms with E-state index in [0.29, 0.717) is 28.3 Å². The number of rotatable bonds is 4. The first-order valence-electron chi connectivity index (χ1n) is 13.7. The zero-order valence-electron chi connectivity index (χ0n) is 23.3. The summed E-state index contributed by atoms with van der Waals surface area (Å²) in [4.78, 5) is 20.8. The molecule has 2 saturated heterocycles. The lowest BCUT2D eigenvalue weighted by Crippen LogP contribution is -2.49. The van der Waals surface area contributed by atoms with Crippen molar-refractivity contribution in [2.24, 2.45) is 5.41 Å². The Morgan fingerprint density at radius 2 is 1.57 bits per heavy atom. The third-order valence-corrected chi connectivity index (χ3v) is 7.84. The Hall–Kier alpha value is -3.88. The molecule has 7 nitrogen and oxygen atoms in total. The minimum atomic E-state index is -0.915. The number of hydrogen-bond donors (Lipinski definition) is 1. The number of nitrogens with two attached hydrogens (primary N) is 1. The number of benzene rings is 2. The van der Waals surface area contributed by atoms with Gasteiger partial charge in [0, 0.05) is 44.0 Å². The summed E-state index contributed by atoms with van der Waals surface area (Å²) >= 11 is 0. The van der Waals surface area contributed by atoms with E-state index in [0.717, 1.165) is 69.7 Å².